The third-order valence-electron chi connectivity index (χ3n) is 4.73. The second-order valence-corrected chi connectivity index (χ2v) is 6.28. The Labute approximate surface area is 146 Å². The molecular weight excluding hydrogens is 302 g/mol. The molecule has 1 unspecified atom stereocenters. The number of rotatable bonds is 9. The molecule has 136 valence electrons. The molecule has 1 heterocycles. The molecule has 5 nitrogen and oxygen atoms in total. The molecule has 1 aliphatic heterocycles. The average Bonchev–Trinajstić information content (AvgIpc) is 2.61. The van der Waals surface area contributed by atoms with E-state index in [1.165, 1.54) is 11.1 Å². The molecule has 0 aliphatic carbocycles. The predicted octanol–water partition coefficient (Wildman–Crippen LogP) is 2.26. The van der Waals surface area contributed by atoms with Crippen molar-refractivity contribution in [3.63, 3.8) is 0 Å². The smallest absolute Gasteiger partial charge is 0.123 e. The Morgan fingerprint density at radius 1 is 1.29 bits per heavy atom. The van der Waals surface area contributed by atoms with Gasteiger partial charge >= 0.3 is 0 Å². The van der Waals surface area contributed by atoms with E-state index >= 15 is 0 Å². The van der Waals surface area contributed by atoms with E-state index in [9.17, 15) is 0 Å². The number of nitrogens with two attached hydrogens (primary N) is 1. The van der Waals surface area contributed by atoms with Crippen molar-refractivity contribution in [3.05, 3.63) is 29.3 Å². The Morgan fingerprint density at radius 3 is 2.67 bits per heavy atom. The van der Waals surface area contributed by atoms with Gasteiger partial charge in [0.15, 0.2) is 0 Å². The molecule has 0 aromatic heterocycles. The van der Waals surface area contributed by atoms with Crippen molar-refractivity contribution in [2.45, 2.75) is 33.4 Å². The van der Waals surface area contributed by atoms with E-state index in [0.29, 0.717) is 19.2 Å². The molecule has 0 bridgehead atoms. The van der Waals surface area contributed by atoms with Gasteiger partial charge in [0.2, 0.25) is 0 Å². The quantitative estimate of drug-likeness (QED) is 0.750. The van der Waals surface area contributed by atoms with E-state index in [1.807, 2.05) is 6.92 Å². The first kappa shape index (κ1) is 19.2. The summed E-state index contributed by atoms with van der Waals surface area (Å²) in [5.74, 6) is 1.00. The maximum atomic E-state index is 5.86. The van der Waals surface area contributed by atoms with Gasteiger partial charge in [-0.05, 0) is 38.1 Å². The normalized spacial score (nSPS) is 17.2. The van der Waals surface area contributed by atoms with Gasteiger partial charge in [0.1, 0.15) is 5.75 Å². The zero-order valence-corrected chi connectivity index (χ0v) is 15.5. The molecular formula is C19H33N3O2. The molecule has 2 rings (SSSR count). The van der Waals surface area contributed by atoms with E-state index < -0.39 is 0 Å². The number of likely N-dealkylation sites (N-methyl/N-ethyl adjacent to an activating group) is 1. The summed E-state index contributed by atoms with van der Waals surface area (Å²) < 4.78 is 11.3. The molecule has 1 aliphatic rings. The van der Waals surface area contributed by atoms with Gasteiger partial charge in [-0.1, -0.05) is 13.0 Å². The van der Waals surface area contributed by atoms with Gasteiger partial charge in [-0.3, -0.25) is 9.80 Å². The molecule has 0 amide bonds. The van der Waals surface area contributed by atoms with Crippen molar-refractivity contribution < 1.29 is 9.47 Å². The number of hydrogen-bond acceptors (Lipinski definition) is 5. The highest BCUT2D eigenvalue weighted by molar-refractivity contribution is 5.38. The van der Waals surface area contributed by atoms with Crippen LogP contribution in [0.25, 0.3) is 0 Å². The Hall–Kier alpha value is -1.14. The molecule has 1 saturated heterocycles. The van der Waals surface area contributed by atoms with Gasteiger partial charge in [-0.25, -0.2) is 0 Å². The van der Waals surface area contributed by atoms with Crippen LogP contribution >= 0.6 is 0 Å². The summed E-state index contributed by atoms with van der Waals surface area (Å²) in [5.41, 5.74) is 8.36. The topological polar surface area (TPSA) is 51.0 Å². The standard InChI is InChI=1S/C19H33N3O2/c1-4-22(9-8-20)16(3)17-6-7-19(24-5-2)18(14-17)15-21-10-12-23-13-11-21/h6-7,14,16H,4-5,8-13,15,20H2,1-3H3. The highest BCUT2D eigenvalue weighted by Crippen LogP contribution is 2.28. The fourth-order valence-corrected chi connectivity index (χ4v) is 3.28. The van der Waals surface area contributed by atoms with Crippen molar-refractivity contribution in [1.29, 1.82) is 0 Å². The van der Waals surface area contributed by atoms with E-state index in [0.717, 1.165) is 51.7 Å². The summed E-state index contributed by atoms with van der Waals surface area (Å²) in [6, 6.07) is 6.99. The number of nitrogens with zero attached hydrogens (tertiary/aromatic N) is 2. The molecule has 1 atom stereocenters. The Balaban J connectivity index is 2.18. The Morgan fingerprint density at radius 2 is 2.04 bits per heavy atom. The van der Waals surface area contributed by atoms with E-state index in [4.69, 9.17) is 15.2 Å². The van der Waals surface area contributed by atoms with Gasteiger partial charge in [0, 0.05) is 44.3 Å². The Kier molecular flexibility index (Phi) is 7.99. The SMILES string of the molecule is CCOc1ccc(C(C)N(CC)CCN)cc1CN1CCOCC1. The third kappa shape index (κ3) is 5.18. The summed E-state index contributed by atoms with van der Waals surface area (Å²) >= 11 is 0. The van der Waals surface area contributed by atoms with E-state index in [2.05, 4.69) is 41.8 Å². The van der Waals surface area contributed by atoms with Gasteiger partial charge in [-0.15, -0.1) is 0 Å². The second-order valence-electron chi connectivity index (χ2n) is 6.28. The monoisotopic (exact) mass is 335 g/mol. The molecule has 1 fully saturated rings. The summed E-state index contributed by atoms with van der Waals surface area (Å²) in [5, 5.41) is 0. The molecule has 1 aromatic rings. The first-order chi connectivity index (χ1) is 11.7. The molecule has 0 radical (unpaired) electrons. The number of benzene rings is 1. The van der Waals surface area contributed by atoms with Gasteiger partial charge in [0.05, 0.1) is 19.8 Å². The van der Waals surface area contributed by atoms with Gasteiger partial charge < -0.3 is 15.2 Å². The molecule has 0 spiro atoms. The zero-order valence-electron chi connectivity index (χ0n) is 15.5. The zero-order chi connectivity index (χ0) is 17.4. The Bertz CT molecular complexity index is 490. The van der Waals surface area contributed by atoms with Crippen molar-refractivity contribution in [2.75, 3.05) is 52.5 Å². The van der Waals surface area contributed by atoms with Crippen LogP contribution in [0.4, 0.5) is 0 Å². The van der Waals surface area contributed by atoms with E-state index in [1.54, 1.807) is 0 Å². The summed E-state index contributed by atoms with van der Waals surface area (Å²) in [7, 11) is 0. The van der Waals surface area contributed by atoms with Crippen molar-refractivity contribution >= 4 is 0 Å². The minimum absolute atomic E-state index is 0.359. The summed E-state index contributed by atoms with van der Waals surface area (Å²) in [4.78, 5) is 4.85. The molecule has 24 heavy (non-hydrogen) atoms. The van der Waals surface area contributed by atoms with Crippen LogP contribution in [0.3, 0.4) is 0 Å². The van der Waals surface area contributed by atoms with Crippen molar-refractivity contribution in [3.8, 4) is 5.75 Å². The van der Waals surface area contributed by atoms with Crippen LogP contribution in [0, 0.1) is 0 Å². The lowest BCUT2D eigenvalue weighted by molar-refractivity contribution is 0.0338. The van der Waals surface area contributed by atoms with Crippen LogP contribution in [0.2, 0.25) is 0 Å². The number of morpholine rings is 1. The van der Waals surface area contributed by atoms with Crippen LogP contribution in [-0.2, 0) is 11.3 Å². The highest BCUT2D eigenvalue weighted by Gasteiger charge is 2.18. The lowest BCUT2D eigenvalue weighted by atomic mass is 10.0. The van der Waals surface area contributed by atoms with Crippen LogP contribution in [0.5, 0.6) is 5.75 Å². The van der Waals surface area contributed by atoms with Crippen LogP contribution in [0.1, 0.15) is 37.9 Å². The first-order valence-corrected chi connectivity index (χ1v) is 9.19. The second kappa shape index (κ2) is 9.99. The van der Waals surface area contributed by atoms with Crippen molar-refractivity contribution in [2.24, 2.45) is 5.73 Å². The maximum Gasteiger partial charge on any atom is 0.123 e. The predicted molar refractivity (Wildman–Crippen MR) is 98.4 cm³/mol. The average molecular weight is 335 g/mol. The van der Waals surface area contributed by atoms with Crippen LogP contribution in [0.15, 0.2) is 18.2 Å². The third-order valence-corrected chi connectivity index (χ3v) is 4.73. The molecule has 2 N–H and O–H groups in total. The first-order valence-electron chi connectivity index (χ1n) is 9.19. The molecule has 0 saturated carbocycles. The maximum absolute atomic E-state index is 5.86. The largest absolute Gasteiger partial charge is 0.494 e. The van der Waals surface area contributed by atoms with E-state index in [-0.39, 0.29) is 0 Å². The summed E-state index contributed by atoms with van der Waals surface area (Å²) in [6.45, 7) is 14.3. The summed E-state index contributed by atoms with van der Waals surface area (Å²) in [6.07, 6.45) is 0. The van der Waals surface area contributed by atoms with Gasteiger partial charge in [0.25, 0.3) is 0 Å². The fraction of sp³-hybridized carbons (Fsp3) is 0.684. The number of hydrogen-bond donors (Lipinski definition) is 1. The number of ether oxygens (including phenoxy) is 2. The lowest BCUT2D eigenvalue weighted by Gasteiger charge is -2.30. The molecule has 1 aromatic carbocycles. The lowest BCUT2D eigenvalue weighted by Crippen LogP contribution is -2.36. The highest BCUT2D eigenvalue weighted by atomic mass is 16.5. The fourth-order valence-electron chi connectivity index (χ4n) is 3.28. The van der Waals surface area contributed by atoms with Crippen LogP contribution in [-0.4, -0.2) is 62.3 Å². The van der Waals surface area contributed by atoms with Crippen LogP contribution < -0.4 is 10.5 Å². The van der Waals surface area contributed by atoms with Gasteiger partial charge in [-0.2, -0.15) is 0 Å². The minimum Gasteiger partial charge on any atom is -0.494 e. The van der Waals surface area contributed by atoms with Crippen molar-refractivity contribution in [1.82, 2.24) is 9.80 Å². The molecule has 5 heteroatoms. The minimum atomic E-state index is 0.359.